The average Bonchev–Trinajstić information content (AvgIpc) is 3.09. The third-order valence-electron chi connectivity index (χ3n) is 5.37. The van der Waals surface area contributed by atoms with E-state index in [1.165, 1.54) is 19.3 Å². The molecule has 1 saturated carbocycles. The Labute approximate surface area is 190 Å². The zero-order valence-corrected chi connectivity index (χ0v) is 21.1. The fourth-order valence-corrected chi connectivity index (χ4v) is 4.62. The normalized spacial score (nSPS) is 22.5. The molecular weight excluding hydrogens is 487 g/mol. The van der Waals surface area contributed by atoms with Crippen LogP contribution in [0.4, 0.5) is 0 Å². The number of guanidine groups is 1. The second kappa shape index (κ2) is 12.3. The van der Waals surface area contributed by atoms with Crippen LogP contribution in [0.1, 0.15) is 66.2 Å². The second-order valence-corrected chi connectivity index (χ2v) is 11.0. The summed E-state index contributed by atoms with van der Waals surface area (Å²) in [4.78, 5) is 19.3. The molecule has 2 atom stereocenters. The van der Waals surface area contributed by atoms with Crippen molar-refractivity contribution in [1.29, 1.82) is 0 Å². The van der Waals surface area contributed by atoms with Crippen LogP contribution in [-0.2, 0) is 15.6 Å². The number of likely N-dealkylation sites (tertiary alicyclic amines) is 1. The fourth-order valence-electron chi connectivity index (χ4n) is 3.75. The highest BCUT2D eigenvalue weighted by molar-refractivity contribution is 14.0. The van der Waals surface area contributed by atoms with Crippen molar-refractivity contribution >= 4 is 46.6 Å². The third kappa shape index (κ3) is 8.16. The summed E-state index contributed by atoms with van der Waals surface area (Å²) in [7, 11) is -0.892. The molecule has 0 aromatic heterocycles. The van der Waals surface area contributed by atoms with E-state index in [4.69, 9.17) is 0 Å². The predicted octanol–water partition coefficient (Wildman–Crippen LogP) is 2.89. The molecular formula is C20H39IN4O2S. The van der Waals surface area contributed by atoms with Gasteiger partial charge in [0, 0.05) is 52.9 Å². The molecule has 1 amide bonds. The Bertz CT molecular complexity index is 545. The van der Waals surface area contributed by atoms with E-state index >= 15 is 0 Å². The Morgan fingerprint density at radius 1 is 1.18 bits per heavy atom. The summed E-state index contributed by atoms with van der Waals surface area (Å²) in [5.41, 5.74) is 0. The molecule has 28 heavy (non-hydrogen) atoms. The molecule has 6 nitrogen and oxygen atoms in total. The highest BCUT2D eigenvalue weighted by Gasteiger charge is 2.31. The number of rotatable bonds is 6. The summed E-state index contributed by atoms with van der Waals surface area (Å²) in [6, 6.07) is 0.239. The summed E-state index contributed by atoms with van der Waals surface area (Å²) in [5, 5.41) is 6.73. The van der Waals surface area contributed by atoms with E-state index < -0.39 is 10.8 Å². The highest BCUT2D eigenvalue weighted by atomic mass is 127. The van der Waals surface area contributed by atoms with Gasteiger partial charge in [0.25, 0.3) is 0 Å². The van der Waals surface area contributed by atoms with Gasteiger partial charge in [-0.3, -0.25) is 14.0 Å². The monoisotopic (exact) mass is 526 g/mol. The topological polar surface area (TPSA) is 73.8 Å². The maximum absolute atomic E-state index is 12.7. The molecule has 0 radical (unpaired) electrons. The van der Waals surface area contributed by atoms with E-state index in [2.05, 4.69) is 15.6 Å². The van der Waals surface area contributed by atoms with Gasteiger partial charge < -0.3 is 15.5 Å². The Morgan fingerprint density at radius 2 is 1.86 bits per heavy atom. The van der Waals surface area contributed by atoms with Gasteiger partial charge in [-0.05, 0) is 47.0 Å². The first-order chi connectivity index (χ1) is 12.8. The number of aliphatic imine (C=N–C) groups is 1. The molecule has 1 aliphatic heterocycles. The zero-order valence-electron chi connectivity index (χ0n) is 18.0. The Balaban J connectivity index is 0.00000392. The van der Waals surface area contributed by atoms with Gasteiger partial charge in [0.1, 0.15) is 0 Å². The molecule has 0 aromatic carbocycles. The van der Waals surface area contributed by atoms with E-state index in [1.807, 2.05) is 32.6 Å². The first-order valence-electron chi connectivity index (χ1n) is 10.5. The van der Waals surface area contributed by atoms with E-state index in [9.17, 15) is 9.00 Å². The van der Waals surface area contributed by atoms with Crippen LogP contribution in [0.25, 0.3) is 0 Å². The molecule has 2 fully saturated rings. The minimum Gasteiger partial charge on any atom is -0.357 e. The molecule has 2 unspecified atom stereocenters. The van der Waals surface area contributed by atoms with E-state index in [0.717, 1.165) is 44.9 Å². The molecule has 8 heteroatoms. The lowest BCUT2D eigenvalue weighted by Gasteiger charge is -2.26. The molecule has 1 heterocycles. The van der Waals surface area contributed by atoms with Crippen molar-refractivity contribution in [3.8, 4) is 0 Å². The Kier molecular flexibility index (Phi) is 11.3. The van der Waals surface area contributed by atoms with Crippen molar-refractivity contribution in [1.82, 2.24) is 15.5 Å². The Morgan fingerprint density at radius 3 is 2.46 bits per heavy atom. The molecule has 2 rings (SSSR count). The number of nitrogens with zero attached hydrogens (tertiary/aromatic N) is 2. The highest BCUT2D eigenvalue weighted by Crippen LogP contribution is 2.26. The molecule has 2 N–H and O–H groups in total. The zero-order chi connectivity index (χ0) is 19.9. The predicted molar refractivity (Wildman–Crippen MR) is 129 cm³/mol. The van der Waals surface area contributed by atoms with Gasteiger partial charge in [0.2, 0.25) is 5.91 Å². The van der Waals surface area contributed by atoms with Gasteiger partial charge in [-0.1, -0.05) is 19.3 Å². The summed E-state index contributed by atoms with van der Waals surface area (Å²) < 4.78 is 12.0. The maximum Gasteiger partial charge on any atom is 0.225 e. The number of hydrogen-bond donors (Lipinski definition) is 2. The number of carbonyl (C=O) groups excluding carboxylic acids is 1. The van der Waals surface area contributed by atoms with Gasteiger partial charge in [0.05, 0.1) is 6.54 Å². The van der Waals surface area contributed by atoms with Crippen molar-refractivity contribution in [2.24, 2.45) is 10.9 Å². The molecule has 0 aromatic rings. The smallest absolute Gasteiger partial charge is 0.225 e. The maximum atomic E-state index is 12.7. The lowest BCUT2D eigenvalue weighted by molar-refractivity contribution is -0.135. The number of carbonyl (C=O) groups is 1. The van der Waals surface area contributed by atoms with Gasteiger partial charge in [-0.2, -0.15) is 0 Å². The summed E-state index contributed by atoms with van der Waals surface area (Å²) >= 11 is 0. The van der Waals surface area contributed by atoms with Gasteiger partial charge >= 0.3 is 0 Å². The lowest BCUT2D eigenvalue weighted by atomic mass is 9.88. The minimum absolute atomic E-state index is 0. The first-order valence-corrected chi connectivity index (χ1v) is 11.8. The van der Waals surface area contributed by atoms with Crippen molar-refractivity contribution in [2.45, 2.75) is 77.0 Å². The number of hydrogen-bond acceptors (Lipinski definition) is 3. The largest absolute Gasteiger partial charge is 0.357 e. The molecule has 0 spiro atoms. The number of nitrogens with one attached hydrogen (secondary N) is 2. The van der Waals surface area contributed by atoms with Crippen molar-refractivity contribution in [3.05, 3.63) is 0 Å². The van der Waals surface area contributed by atoms with E-state index in [0.29, 0.717) is 18.2 Å². The molecule has 0 bridgehead atoms. The third-order valence-corrected chi connectivity index (χ3v) is 7.29. The quantitative estimate of drug-likeness (QED) is 0.317. The van der Waals surface area contributed by atoms with E-state index in [-0.39, 0.29) is 40.7 Å². The first kappa shape index (κ1) is 25.7. The minimum atomic E-state index is -0.892. The summed E-state index contributed by atoms with van der Waals surface area (Å²) in [6.45, 7) is 10.9. The van der Waals surface area contributed by atoms with Crippen molar-refractivity contribution in [3.63, 3.8) is 0 Å². The van der Waals surface area contributed by atoms with Crippen LogP contribution in [0.15, 0.2) is 4.99 Å². The van der Waals surface area contributed by atoms with Crippen LogP contribution in [0.2, 0.25) is 0 Å². The molecule has 164 valence electrons. The fraction of sp³-hybridized carbons (Fsp3) is 0.900. The number of halogens is 1. The van der Waals surface area contributed by atoms with Crippen LogP contribution < -0.4 is 10.6 Å². The van der Waals surface area contributed by atoms with Crippen molar-refractivity contribution < 1.29 is 9.00 Å². The second-order valence-electron chi connectivity index (χ2n) is 8.67. The Hall–Kier alpha value is -0.380. The molecule has 2 aliphatic rings. The summed E-state index contributed by atoms with van der Waals surface area (Å²) in [5.74, 6) is 1.92. The van der Waals surface area contributed by atoms with E-state index in [1.54, 1.807) is 0 Å². The molecule has 1 saturated heterocycles. The van der Waals surface area contributed by atoms with Crippen LogP contribution in [0.5, 0.6) is 0 Å². The van der Waals surface area contributed by atoms with Gasteiger partial charge in [-0.15, -0.1) is 24.0 Å². The van der Waals surface area contributed by atoms with Crippen LogP contribution in [0.3, 0.4) is 0 Å². The lowest BCUT2D eigenvalue weighted by Crippen LogP contribution is -2.45. The molecule has 1 aliphatic carbocycles. The standard InChI is InChI=1S/C20H38N4O2S.HI/c1-5-21-19(22-12-14-27(26)20(2,3)4)23-17-11-13-24(15-17)18(25)16-9-7-6-8-10-16;/h16-17H,5-15H2,1-4H3,(H2,21,22,23);1H. The summed E-state index contributed by atoms with van der Waals surface area (Å²) in [6.07, 6.45) is 6.73. The van der Waals surface area contributed by atoms with Gasteiger partial charge in [0.15, 0.2) is 5.96 Å². The van der Waals surface area contributed by atoms with Crippen molar-refractivity contribution in [2.75, 3.05) is 31.9 Å². The van der Waals surface area contributed by atoms with Crippen LogP contribution in [0, 0.1) is 5.92 Å². The van der Waals surface area contributed by atoms with Crippen LogP contribution >= 0.6 is 24.0 Å². The van der Waals surface area contributed by atoms with Gasteiger partial charge in [-0.25, -0.2) is 0 Å². The van der Waals surface area contributed by atoms with Crippen LogP contribution in [-0.4, -0.2) is 63.7 Å². The average molecular weight is 527 g/mol. The number of amides is 1. The SMILES string of the molecule is CCNC(=NCCS(=O)C(C)(C)C)NC1CCN(C(=O)C2CCCCC2)C1.I.